The standard InChI is InChI=1S/4BH3O3.FH.Na.H/c4*2-1(3)4;;;/h4*2-4H;1H;;/q;;;;;+1;-1. The third kappa shape index (κ3) is 8190. The molecule has 0 saturated carbocycles. The van der Waals surface area contributed by atoms with Gasteiger partial charge in [-0.25, -0.2) is 0 Å². The molecule has 0 aromatic rings. The first-order valence-electron chi connectivity index (χ1n) is 3.10. The molecule has 0 aromatic heterocycles. The Morgan fingerprint density at radius 3 is 0.389 bits per heavy atom. The van der Waals surface area contributed by atoms with Crippen LogP contribution in [0.1, 0.15) is 1.43 Å². The third-order valence-corrected chi connectivity index (χ3v) is 0. The van der Waals surface area contributed by atoms with E-state index in [1.165, 1.54) is 0 Å². The maximum atomic E-state index is 7.17. The molecule has 12 nitrogen and oxygen atoms in total. The van der Waals surface area contributed by atoms with Gasteiger partial charge in [-0.3, -0.25) is 4.70 Å². The van der Waals surface area contributed by atoms with Crippen molar-refractivity contribution < 1.29 is 96.0 Å². The van der Waals surface area contributed by atoms with Crippen molar-refractivity contribution in [2.45, 2.75) is 0 Å². The van der Waals surface area contributed by atoms with Crippen molar-refractivity contribution in [3.8, 4) is 0 Å². The average molecular weight is 291 g/mol. The molecule has 0 spiro atoms. The van der Waals surface area contributed by atoms with Crippen LogP contribution in [0.5, 0.6) is 0 Å². The number of hydrogen-bond donors (Lipinski definition) is 12. The first-order chi connectivity index (χ1) is 6.93. The zero-order valence-electron chi connectivity index (χ0n) is 10.1. The summed E-state index contributed by atoms with van der Waals surface area (Å²) in [7, 11) is -8.67. The molecular formula is H14B4FNaO12. The predicted molar refractivity (Wildman–Crippen MR) is 53.3 cm³/mol. The second kappa shape index (κ2) is 30.6. The predicted octanol–water partition coefficient (Wildman–Crippen LogP) is -10.9. The summed E-state index contributed by atoms with van der Waals surface area (Å²) in [5.74, 6) is 0. The van der Waals surface area contributed by atoms with Gasteiger partial charge >= 0.3 is 58.8 Å². The van der Waals surface area contributed by atoms with Crippen LogP contribution in [0.15, 0.2) is 0 Å². The van der Waals surface area contributed by atoms with E-state index in [1.54, 1.807) is 0 Å². The van der Waals surface area contributed by atoms with Crippen LogP contribution in [-0.2, 0) is 0 Å². The largest absolute Gasteiger partial charge is 1.00 e. The molecule has 106 valence electrons. The summed E-state index contributed by atoms with van der Waals surface area (Å²) < 4.78 is 0. The summed E-state index contributed by atoms with van der Waals surface area (Å²) in [6.45, 7) is 0. The van der Waals surface area contributed by atoms with Gasteiger partial charge in [0.15, 0.2) is 0 Å². The Kier molecular flexibility index (Phi) is 61.8. The first kappa shape index (κ1) is 36.3. The molecule has 0 aromatic carbocycles. The van der Waals surface area contributed by atoms with Crippen LogP contribution < -0.4 is 29.6 Å². The number of rotatable bonds is 0. The fourth-order valence-corrected chi connectivity index (χ4v) is 0. The van der Waals surface area contributed by atoms with E-state index >= 15 is 0 Å². The van der Waals surface area contributed by atoms with Crippen LogP contribution in [0.2, 0.25) is 0 Å². The molecule has 0 aliphatic carbocycles. The molecule has 0 bridgehead atoms. The zero-order chi connectivity index (χ0) is 14.3. The van der Waals surface area contributed by atoms with Crippen LogP contribution in [0.4, 0.5) is 4.70 Å². The van der Waals surface area contributed by atoms with E-state index < -0.39 is 29.3 Å². The van der Waals surface area contributed by atoms with Gasteiger partial charge in [-0.1, -0.05) is 0 Å². The molecule has 0 aliphatic heterocycles. The fraction of sp³-hybridized carbons (Fsp3) is 0. The Hall–Kier alpha value is 0.710. The van der Waals surface area contributed by atoms with Crippen LogP contribution in [0.3, 0.4) is 0 Å². The van der Waals surface area contributed by atoms with Crippen molar-refractivity contribution in [2.24, 2.45) is 0 Å². The van der Waals surface area contributed by atoms with Gasteiger partial charge in [0, 0.05) is 0 Å². The van der Waals surface area contributed by atoms with Gasteiger partial charge in [-0.15, -0.1) is 0 Å². The van der Waals surface area contributed by atoms with Crippen molar-refractivity contribution >= 4 is 29.3 Å². The summed E-state index contributed by atoms with van der Waals surface area (Å²) in [5, 5.41) is 86.0. The minimum Gasteiger partial charge on any atom is -1.00 e. The van der Waals surface area contributed by atoms with E-state index in [-0.39, 0.29) is 35.7 Å². The second-order valence-corrected chi connectivity index (χ2v) is 1.39. The molecule has 0 saturated heterocycles. The van der Waals surface area contributed by atoms with E-state index in [0.717, 1.165) is 0 Å². The summed E-state index contributed by atoms with van der Waals surface area (Å²) in [4.78, 5) is 0. The van der Waals surface area contributed by atoms with Crippen LogP contribution in [0.25, 0.3) is 0 Å². The van der Waals surface area contributed by atoms with E-state index in [9.17, 15) is 0 Å². The molecule has 0 amide bonds. The molecule has 0 aliphatic rings. The Bertz CT molecular complexity index is 72.7. The SMILES string of the molecule is F.OB(O)O.OB(O)O.OB(O)O.OB(O)O.[H-].[Na+]. The molecular weight excluding hydrogens is 277 g/mol. The van der Waals surface area contributed by atoms with Gasteiger partial charge < -0.3 is 61.7 Å². The monoisotopic (exact) mass is 292 g/mol. The Morgan fingerprint density at radius 2 is 0.389 bits per heavy atom. The summed E-state index contributed by atoms with van der Waals surface area (Å²) in [6, 6.07) is 0. The van der Waals surface area contributed by atoms with Crippen molar-refractivity contribution in [1.29, 1.82) is 0 Å². The minimum absolute atomic E-state index is 0. The first-order valence-corrected chi connectivity index (χ1v) is 3.10. The Labute approximate surface area is 125 Å². The molecule has 0 rings (SSSR count). The van der Waals surface area contributed by atoms with E-state index in [2.05, 4.69) is 0 Å². The molecule has 0 heterocycles. The van der Waals surface area contributed by atoms with Crippen LogP contribution in [-0.4, -0.2) is 89.6 Å². The molecule has 0 atom stereocenters. The second-order valence-electron chi connectivity index (χ2n) is 1.39. The van der Waals surface area contributed by atoms with Gasteiger partial charge in [0.05, 0.1) is 0 Å². The third-order valence-electron chi connectivity index (χ3n) is 0. The number of hydrogen-bond acceptors (Lipinski definition) is 12. The smallest absolute Gasteiger partial charge is 1.00 e. The maximum absolute atomic E-state index is 7.17. The van der Waals surface area contributed by atoms with Crippen LogP contribution in [0, 0.1) is 0 Å². The summed E-state index contributed by atoms with van der Waals surface area (Å²) in [6.07, 6.45) is 0. The Morgan fingerprint density at radius 1 is 0.389 bits per heavy atom. The molecule has 0 fully saturated rings. The molecule has 12 N–H and O–H groups in total. The topological polar surface area (TPSA) is 243 Å². The quantitative estimate of drug-likeness (QED) is 0.186. The van der Waals surface area contributed by atoms with Crippen molar-refractivity contribution in [3.63, 3.8) is 0 Å². The maximum Gasteiger partial charge on any atom is 1.00 e. The van der Waals surface area contributed by atoms with Crippen molar-refractivity contribution in [1.82, 2.24) is 0 Å². The molecule has 0 unspecified atom stereocenters. The zero-order valence-corrected chi connectivity index (χ0v) is 11.1. The molecule has 18 heavy (non-hydrogen) atoms. The summed E-state index contributed by atoms with van der Waals surface area (Å²) in [5.41, 5.74) is 0. The summed E-state index contributed by atoms with van der Waals surface area (Å²) >= 11 is 0. The van der Waals surface area contributed by atoms with Gasteiger partial charge in [0.2, 0.25) is 0 Å². The molecule has 0 radical (unpaired) electrons. The van der Waals surface area contributed by atoms with Crippen molar-refractivity contribution in [3.05, 3.63) is 0 Å². The molecule has 18 heteroatoms. The van der Waals surface area contributed by atoms with E-state index in [1.807, 2.05) is 0 Å². The van der Waals surface area contributed by atoms with Crippen LogP contribution >= 0.6 is 0 Å². The average Bonchev–Trinajstić information content (AvgIpc) is 1.76. The Balaban J connectivity index is -0.0000000192. The van der Waals surface area contributed by atoms with E-state index in [0.29, 0.717) is 0 Å². The van der Waals surface area contributed by atoms with Gasteiger partial charge in [-0.05, 0) is 0 Å². The van der Waals surface area contributed by atoms with Crippen molar-refractivity contribution in [2.75, 3.05) is 0 Å². The van der Waals surface area contributed by atoms with Gasteiger partial charge in [-0.2, -0.15) is 0 Å². The fourth-order valence-electron chi connectivity index (χ4n) is 0. The van der Waals surface area contributed by atoms with E-state index in [4.69, 9.17) is 60.3 Å². The van der Waals surface area contributed by atoms with Gasteiger partial charge in [0.25, 0.3) is 0 Å². The number of halogens is 1. The normalized spacial score (nSPS) is 6.00. The minimum atomic E-state index is -2.17. The van der Waals surface area contributed by atoms with Gasteiger partial charge in [0.1, 0.15) is 0 Å².